The Morgan fingerprint density at radius 1 is 1.08 bits per heavy atom. The number of piperazine rings is 1. The normalized spacial score (nSPS) is 16.7. The molecule has 0 aliphatic carbocycles. The third-order valence-corrected chi connectivity index (χ3v) is 7.94. The fourth-order valence-corrected chi connectivity index (χ4v) is 5.89. The molecule has 140 valence electrons. The zero-order valence-electron chi connectivity index (χ0n) is 13.9. The monoisotopic (exact) mass is 415 g/mol. The van der Waals surface area contributed by atoms with Crippen LogP contribution >= 0.6 is 22.9 Å². The first-order valence-electron chi connectivity index (χ1n) is 8.07. The van der Waals surface area contributed by atoms with E-state index in [9.17, 15) is 18.5 Å². The highest BCUT2D eigenvalue weighted by molar-refractivity contribution is 7.91. The van der Waals surface area contributed by atoms with Crippen molar-refractivity contribution in [3.8, 4) is 0 Å². The van der Waals surface area contributed by atoms with E-state index in [0.29, 0.717) is 30.5 Å². The van der Waals surface area contributed by atoms with E-state index in [1.54, 1.807) is 24.3 Å². The van der Waals surface area contributed by atoms with Gasteiger partial charge in [-0.05, 0) is 24.1 Å². The van der Waals surface area contributed by atoms with Crippen molar-refractivity contribution in [2.24, 2.45) is 0 Å². The second-order valence-electron chi connectivity index (χ2n) is 5.98. The molecule has 7 nitrogen and oxygen atoms in total. The molecule has 2 aromatic rings. The largest absolute Gasteiger partial charge is 0.300 e. The van der Waals surface area contributed by atoms with Crippen molar-refractivity contribution in [1.82, 2.24) is 9.21 Å². The molecule has 0 unspecified atom stereocenters. The maximum atomic E-state index is 12.6. The topological polar surface area (TPSA) is 83.8 Å². The van der Waals surface area contributed by atoms with E-state index in [-0.39, 0.29) is 9.90 Å². The van der Waals surface area contributed by atoms with E-state index >= 15 is 0 Å². The maximum absolute atomic E-state index is 12.6. The number of nitro benzene ring substituents is 1. The second-order valence-corrected chi connectivity index (χ2v) is 9.86. The Morgan fingerprint density at radius 2 is 1.73 bits per heavy atom. The lowest BCUT2D eigenvalue weighted by Gasteiger charge is -2.33. The first-order valence-corrected chi connectivity index (χ1v) is 10.7. The van der Waals surface area contributed by atoms with Crippen molar-refractivity contribution in [3.63, 3.8) is 0 Å². The van der Waals surface area contributed by atoms with E-state index in [2.05, 4.69) is 4.90 Å². The number of hydrogen-bond donors (Lipinski definition) is 0. The van der Waals surface area contributed by atoms with Crippen LogP contribution in [0.25, 0.3) is 0 Å². The summed E-state index contributed by atoms with van der Waals surface area (Å²) >= 11 is 6.92. The van der Waals surface area contributed by atoms with Gasteiger partial charge in [0.1, 0.15) is 4.21 Å². The lowest BCUT2D eigenvalue weighted by molar-refractivity contribution is -0.384. The van der Waals surface area contributed by atoms with Gasteiger partial charge in [-0.15, -0.1) is 11.3 Å². The Kier molecular flexibility index (Phi) is 5.93. The van der Waals surface area contributed by atoms with Crippen LogP contribution < -0.4 is 0 Å². The van der Waals surface area contributed by atoms with Crippen LogP contribution in [-0.4, -0.2) is 55.3 Å². The van der Waals surface area contributed by atoms with E-state index < -0.39 is 14.9 Å². The fraction of sp³-hybridized carbons (Fsp3) is 0.375. The van der Waals surface area contributed by atoms with Crippen LogP contribution in [0.5, 0.6) is 0 Å². The van der Waals surface area contributed by atoms with E-state index in [4.69, 9.17) is 11.6 Å². The van der Waals surface area contributed by atoms with Crippen LogP contribution in [0.15, 0.2) is 40.6 Å². The average Bonchev–Trinajstić information content (AvgIpc) is 3.08. The van der Waals surface area contributed by atoms with E-state index in [0.717, 1.165) is 29.9 Å². The Labute approximate surface area is 161 Å². The van der Waals surface area contributed by atoms with Crippen molar-refractivity contribution >= 4 is 38.6 Å². The van der Waals surface area contributed by atoms with Crippen LogP contribution in [0.1, 0.15) is 5.56 Å². The van der Waals surface area contributed by atoms with Crippen LogP contribution in [0.3, 0.4) is 0 Å². The zero-order valence-corrected chi connectivity index (χ0v) is 16.3. The molecule has 1 aliphatic rings. The lowest BCUT2D eigenvalue weighted by atomic mass is 10.1. The molecule has 10 heteroatoms. The molecule has 0 spiro atoms. The first-order chi connectivity index (χ1) is 12.4. The average molecular weight is 416 g/mol. The van der Waals surface area contributed by atoms with Gasteiger partial charge in [0.25, 0.3) is 15.7 Å². The van der Waals surface area contributed by atoms with Crippen molar-refractivity contribution < 1.29 is 13.3 Å². The predicted molar refractivity (Wildman–Crippen MR) is 101 cm³/mol. The number of rotatable bonds is 6. The third kappa shape index (κ3) is 4.41. The second kappa shape index (κ2) is 8.01. The van der Waals surface area contributed by atoms with Gasteiger partial charge in [0, 0.05) is 44.9 Å². The summed E-state index contributed by atoms with van der Waals surface area (Å²) in [5, 5.41) is 10.7. The fourth-order valence-electron chi connectivity index (χ4n) is 2.83. The summed E-state index contributed by atoms with van der Waals surface area (Å²) in [6.07, 6.45) is 0.769. The number of sulfonamides is 1. The lowest BCUT2D eigenvalue weighted by Crippen LogP contribution is -2.48. The predicted octanol–water partition coefficient (Wildman–Crippen LogP) is 2.86. The molecule has 0 amide bonds. The van der Waals surface area contributed by atoms with Crippen LogP contribution in [0.4, 0.5) is 5.69 Å². The Balaban J connectivity index is 1.51. The molecule has 1 aliphatic heterocycles. The summed E-state index contributed by atoms with van der Waals surface area (Å²) < 4.78 is 27.4. The van der Waals surface area contributed by atoms with Gasteiger partial charge < -0.3 is 4.90 Å². The van der Waals surface area contributed by atoms with Gasteiger partial charge in [0.2, 0.25) is 0 Å². The van der Waals surface area contributed by atoms with E-state index in [1.807, 2.05) is 0 Å². The summed E-state index contributed by atoms with van der Waals surface area (Å²) in [4.78, 5) is 12.5. The molecule has 2 heterocycles. The summed E-state index contributed by atoms with van der Waals surface area (Å²) in [6, 6.07) is 9.68. The number of nitrogens with zero attached hydrogens (tertiary/aromatic N) is 3. The number of hydrogen-bond acceptors (Lipinski definition) is 6. The number of halogens is 1. The molecular formula is C16H18ClN3O4S2. The Morgan fingerprint density at radius 3 is 2.27 bits per heavy atom. The number of non-ortho nitro benzene ring substituents is 1. The highest BCUT2D eigenvalue weighted by Gasteiger charge is 2.29. The molecule has 0 radical (unpaired) electrons. The van der Waals surface area contributed by atoms with Gasteiger partial charge in [-0.2, -0.15) is 4.31 Å². The highest BCUT2D eigenvalue weighted by atomic mass is 35.5. The molecule has 26 heavy (non-hydrogen) atoms. The summed E-state index contributed by atoms with van der Waals surface area (Å²) in [7, 11) is -3.47. The van der Waals surface area contributed by atoms with Gasteiger partial charge in [0.15, 0.2) is 0 Å². The number of nitro groups is 1. The molecule has 1 aromatic heterocycles. The summed E-state index contributed by atoms with van der Waals surface area (Å²) in [5.41, 5.74) is 1.11. The first kappa shape index (κ1) is 19.2. The minimum Gasteiger partial charge on any atom is -0.300 e. The van der Waals surface area contributed by atoms with Gasteiger partial charge >= 0.3 is 0 Å². The number of thiophene rings is 1. The molecule has 3 rings (SSSR count). The van der Waals surface area contributed by atoms with Gasteiger partial charge in [-0.3, -0.25) is 10.1 Å². The molecule has 1 aromatic carbocycles. The van der Waals surface area contributed by atoms with Crippen molar-refractivity contribution in [3.05, 3.63) is 56.4 Å². The summed E-state index contributed by atoms with van der Waals surface area (Å²) in [5.74, 6) is 0. The van der Waals surface area contributed by atoms with Gasteiger partial charge in [-0.25, -0.2) is 8.42 Å². The maximum Gasteiger partial charge on any atom is 0.269 e. The Hall–Kier alpha value is -1.52. The molecule has 0 atom stereocenters. The molecule has 1 saturated heterocycles. The minimum absolute atomic E-state index is 0.0845. The molecule has 0 bridgehead atoms. The third-order valence-electron chi connectivity index (χ3n) is 4.34. The smallest absolute Gasteiger partial charge is 0.269 e. The van der Waals surface area contributed by atoms with Crippen LogP contribution in [0.2, 0.25) is 4.34 Å². The zero-order chi connectivity index (χ0) is 18.7. The van der Waals surface area contributed by atoms with Crippen molar-refractivity contribution in [2.75, 3.05) is 32.7 Å². The number of benzene rings is 1. The van der Waals surface area contributed by atoms with Crippen molar-refractivity contribution in [2.45, 2.75) is 10.6 Å². The van der Waals surface area contributed by atoms with E-state index in [1.165, 1.54) is 16.4 Å². The van der Waals surface area contributed by atoms with Crippen molar-refractivity contribution in [1.29, 1.82) is 0 Å². The molecule has 1 fully saturated rings. The standard InChI is InChI=1S/C16H18ClN3O4S2/c17-15-5-6-16(25-15)26(23,24)19-11-9-18(10-12-19)8-7-13-1-3-14(4-2-13)20(21)22/h1-6H,7-12H2. The summed E-state index contributed by atoms with van der Waals surface area (Å²) in [6.45, 7) is 2.99. The van der Waals surface area contributed by atoms with Gasteiger partial charge in [0.05, 0.1) is 9.26 Å². The van der Waals surface area contributed by atoms with Crippen LogP contribution in [-0.2, 0) is 16.4 Å². The highest BCUT2D eigenvalue weighted by Crippen LogP contribution is 2.28. The molecular weight excluding hydrogens is 398 g/mol. The SMILES string of the molecule is O=[N+]([O-])c1ccc(CCN2CCN(S(=O)(=O)c3ccc(Cl)s3)CC2)cc1. The quantitative estimate of drug-likeness (QED) is 0.535. The Bertz CT molecular complexity index is 875. The molecule has 0 saturated carbocycles. The van der Waals surface area contributed by atoms with Crippen LogP contribution in [0, 0.1) is 10.1 Å². The minimum atomic E-state index is -3.47. The van der Waals surface area contributed by atoms with Gasteiger partial charge in [-0.1, -0.05) is 23.7 Å². The molecule has 0 N–H and O–H groups in total.